The van der Waals surface area contributed by atoms with Crippen LogP contribution in [0.2, 0.25) is 0 Å². The fraction of sp³-hybridized carbons (Fsp3) is 1.00. The summed E-state index contributed by atoms with van der Waals surface area (Å²) in [6, 6.07) is 0. The molecule has 0 aliphatic carbocycles. The minimum atomic E-state index is -0.0460. The molecule has 3 nitrogen and oxygen atoms in total. The Kier molecular flexibility index (Phi) is 6.64. The van der Waals surface area contributed by atoms with Gasteiger partial charge in [0.15, 0.2) is 6.29 Å². The number of hydrogen-bond acceptors (Lipinski definition) is 4. The average molecular weight is 233 g/mol. The van der Waals surface area contributed by atoms with E-state index in [1.807, 2.05) is 13.8 Å². The molecule has 1 aliphatic heterocycles. The van der Waals surface area contributed by atoms with Crippen molar-refractivity contribution in [2.24, 2.45) is 0 Å². The molecule has 1 saturated heterocycles. The number of hydrogen-bond donors (Lipinski definition) is 0. The summed E-state index contributed by atoms with van der Waals surface area (Å²) in [6.45, 7) is 11.0. The molecule has 90 valence electrons. The molecule has 0 amide bonds. The van der Waals surface area contributed by atoms with E-state index in [1.165, 1.54) is 5.75 Å². The lowest BCUT2D eigenvalue weighted by Gasteiger charge is -2.32. The van der Waals surface area contributed by atoms with Crippen molar-refractivity contribution >= 4 is 11.8 Å². The Hall–Kier alpha value is 0.230. The summed E-state index contributed by atoms with van der Waals surface area (Å²) in [5.74, 6) is 1.23. The van der Waals surface area contributed by atoms with Gasteiger partial charge in [-0.05, 0) is 13.8 Å². The first-order valence-electron chi connectivity index (χ1n) is 5.83. The molecule has 1 heterocycles. The molecule has 0 aromatic rings. The van der Waals surface area contributed by atoms with Gasteiger partial charge < -0.3 is 9.47 Å². The normalized spacial score (nSPS) is 23.6. The highest BCUT2D eigenvalue weighted by Gasteiger charge is 2.20. The van der Waals surface area contributed by atoms with Crippen LogP contribution in [0.15, 0.2) is 0 Å². The van der Waals surface area contributed by atoms with Gasteiger partial charge in [0.2, 0.25) is 0 Å². The van der Waals surface area contributed by atoms with Crippen molar-refractivity contribution in [3.63, 3.8) is 0 Å². The second kappa shape index (κ2) is 7.49. The second-order valence-electron chi connectivity index (χ2n) is 3.78. The van der Waals surface area contributed by atoms with Gasteiger partial charge in [-0.2, -0.15) is 11.8 Å². The van der Waals surface area contributed by atoms with E-state index in [4.69, 9.17) is 9.47 Å². The minimum absolute atomic E-state index is 0.0460. The Morgan fingerprint density at radius 3 is 2.53 bits per heavy atom. The van der Waals surface area contributed by atoms with Crippen molar-refractivity contribution in [3.8, 4) is 0 Å². The van der Waals surface area contributed by atoms with Gasteiger partial charge in [-0.3, -0.25) is 4.90 Å². The monoisotopic (exact) mass is 233 g/mol. The molecule has 0 aromatic heterocycles. The van der Waals surface area contributed by atoms with E-state index in [0.29, 0.717) is 0 Å². The first-order chi connectivity index (χ1) is 7.26. The number of ether oxygens (including phenoxy) is 2. The maximum Gasteiger partial charge on any atom is 0.170 e. The summed E-state index contributed by atoms with van der Waals surface area (Å²) < 4.78 is 11.1. The first-order valence-corrected chi connectivity index (χ1v) is 6.88. The van der Waals surface area contributed by atoms with E-state index in [0.717, 1.165) is 38.1 Å². The van der Waals surface area contributed by atoms with Crippen molar-refractivity contribution < 1.29 is 9.47 Å². The fourth-order valence-electron chi connectivity index (χ4n) is 1.79. The lowest BCUT2D eigenvalue weighted by atomic mass is 10.3. The van der Waals surface area contributed by atoms with Crippen molar-refractivity contribution in [1.82, 2.24) is 4.90 Å². The predicted octanol–water partition coefficient (Wildman–Crippen LogP) is 1.82. The lowest BCUT2D eigenvalue weighted by Crippen LogP contribution is -2.42. The van der Waals surface area contributed by atoms with Crippen LogP contribution in [0.25, 0.3) is 0 Å². The molecule has 0 saturated carbocycles. The molecular weight excluding hydrogens is 210 g/mol. The van der Waals surface area contributed by atoms with Crippen LogP contribution in [0.4, 0.5) is 0 Å². The van der Waals surface area contributed by atoms with Crippen LogP contribution in [-0.4, -0.2) is 55.0 Å². The molecule has 1 rings (SSSR count). The van der Waals surface area contributed by atoms with Crippen LogP contribution in [0, 0.1) is 0 Å². The van der Waals surface area contributed by atoms with Crippen LogP contribution < -0.4 is 0 Å². The van der Waals surface area contributed by atoms with Crippen molar-refractivity contribution in [2.75, 3.05) is 38.6 Å². The molecular formula is C11H23NO2S. The quantitative estimate of drug-likeness (QED) is 0.652. The molecule has 0 spiro atoms. The lowest BCUT2D eigenvalue weighted by molar-refractivity contribution is -0.146. The Bertz CT molecular complexity index is 160. The van der Waals surface area contributed by atoms with Crippen LogP contribution in [-0.2, 0) is 9.47 Å². The molecule has 0 aromatic carbocycles. The molecule has 0 bridgehead atoms. The van der Waals surface area contributed by atoms with Gasteiger partial charge >= 0.3 is 0 Å². The molecule has 0 unspecified atom stereocenters. The Morgan fingerprint density at radius 1 is 1.33 bits per heavy atom. The highest BCUT2D eigenvalue weighted by molar-refractivity contribution is 7.99. The molecule has 1 aliphatic rings. The zero-order valence-electron chi connectivity index (χ0n) is 10.1. The molecule has 0 N–H and O–H groups in total. The Balaban J connectivity index is 2.28. The van der Waals surface area contributed by atoms with Gasteiger partial charge in [-0.15, -0.1) is 0 Å². The van der Waals surface area contributed by atoms with E-state index < -0.39 is 0 Å². The highest BCUT2D eigenvalue weighted by atomic mass is 32.2. The van der Waals surface area contributed by atoms with Crippen LogP contribution in [0.1, 0.15) is 20.8 Å². The summed E-state index contributed by atoms with van der Waals surface area (Å²) in [7, 11) is 0. The maximum absolute atomic E-state index is 5.55. The van der Waals surface area contributed by atoms with Crippen LogP contribution >= 0.6 is 11.8 Å². The standard InChI is InChI=1S/C11H23NO2S/c1-4-13-11(14-5-2)9-12-6-7-15-10(3)8-12/h10-11H,4-9H2,1-3H3/t10-/m1/s1. The maximum atomic E-state index is 5.55. The van der Waals surface area contributed by atoms with Crippen molar-refractivity contribution in [2.45, 2.75) is 32.3 Å². The Labute approximate surface area is 97.5 Å². The highest BCUT2D eigenvalue weighted by Crippen LogP contribution is 2.18. The van der Waals surface area contributed by atoms with Gasteiger partial charge in [0.25, 0.3) is 0 Å². The number of rotatable bonds is 6. The summed E-state index contributed by atoms with van der Waals surface area (Å²) in [5, 5.41) is 0.739. The number of thioether (sulfide) groups is 1. The summed E-state index contributed by atoms with van der Waals surface area (Å²) in [5.41, 5.74) is 0. The topological polar surface area (TPSA) is 21.7 Å². The van der Waals surface area contributed by atoms with Gasteiger partial charge in [0.1, 0.15) is 0 Å². The second-order valence-corrected chi connectivity index (χ2v) is 5.33. The SMILES string of the molecule is CCOC(CN1CCS[C@H](C)C1)OCC. The minimum Gasteiger partial charge on any atom is -0.352 e. The summed E-state index contributed by atoms with van der Waals surface area (Å²) in [4.78, 5) is 2.44. The molecule has 4 heteroatoms. The Morgan fingerprint density at radius 2 is 2.00 bits per heavy atom. The zero-order chi connectivity index (χ0) is 11.1. The smallest absolute Gasteiger partial charge is 0.170 e. The molecule has 1 atom stereocenters. The van der Waals surface area contributed by atoms with E-state index in [1.54, 1.807) is 0 Å². The summed E-state index contributed by atoms with van der Waals surface area (Å²) in [6.07, 6.45) is -0.0460. The predicted molar refractivity (Wildman–Crippen MR) is 65.4 cm³/mol. The van der Waals surface area contributed by atoms with E-state index in [9.17, 15) is 0 Å². The van der Waals surface area contributed by atoms with Crippen LogP contribution in [0.3, 0.4) is 0 Å². The third-order valence-electron chi connectivity index (χ3n) is 2.44. The van der Waals surface area contributed by atoms with E-state index in [-0.39, 0.29) is 6.29 Å². The molecule has 15 heavy (non-hydrogen) atoms. The zero-order valence-corrected chi connectivity index (χ0v) is 10.9. The van der Waals surface area contributed by atoms with Crippen LogP contribution in [0.5, 0.6) is 0 Å². The van der Waals surface area contributed by atoms with Gasteiger partial charge in [0.05, 0.1) is 0 Å². The van der Waals surface area contributed by atoms with E-state index >= 15 is 0 Å². The summed E-state index contributed by atoms with van der Waals surface area (Å²) >= 11 is 2.05. The van der Waals surface area contributed by atoms with Crippen molar-refractivity contribution in [3.05, 3.63) is 0 Å². The largest absolute Gasteiger partial charge is 0.352 e. The average Bonchev–Trinajstić information content (AvgIpc) is 2.18. The van der Waals surface area contributed by atoms with Gasteiger partial charge in [-0.25, -0.2) is 0 Å². The van der Waals surface area contributed by atoms with Gasteiger partial charge in [0, 0.05) is 43.9 Å². The fourth-order valence-corrected chi connectivity index (χ4v) is 2.87. The third-order valence-corrected chi connectivity index (χ3v) is 3.57. The number of nitrogens with zero attached hydrogens (tertiary/aromatic N) is 1. The first kappa shape index (κ1) is 13.3. The molecule has 1 fully saturated rings. The molecule has 0 radical (unpaired) electrons. The van der Waals surface area contributed by atoms with Crippen molar-refractivity contribution in [1.29, 1.82) is 0 Å². The third kappa shape index (κ3) is 5.20. The van der Waals surface area contributed by atoms with E-state index in [2.05, 4.69) is 23.6 Å². The van der Waals surface area contributed by atoms with Gasteiger partial charge in [-0.1, -0.05) is 6.92 Å².